The molecule has 1 unspecified atom stereocenters. The molecule has 1 atom stereocenters. The summed E-state index contributed by atoms with van der Waals surface area (Å²) in [7, 11) is 0. The molecule has 0 aliphatic carbocycles. The van der Waals surface area contributed by atoms with Crippen LogP contribution in [0, 0.1) is 12.7 Å². The maximum absolute atomic E-state index is 12.8. The van der Waals surface area contributed by atoms with Crippen LogP contribution in [0.15, 0.2) is 48.5 Å². The Morgan fingerprint density at radius 2 is 1.61 bits per heavy atom. The van der Waals surface area contributed by atoms with Gasteiger partial charge in [-0.2, -0.15) is 0 Å². The summed E-state index contributed by atoms with van der Waals surface area (Å²) in [6, 6.07) is 12.9. The van der Waals surface area contributed by atoms with Crippen molar-refractivity contribution in [1.29, 1.82) is 0 Å². The summed E-state index contributed by atoms with van der Waals surface area (Å²) in [6.45, 7) is 1.97. The van der Waals surface area contributed by atoms with Crippen molar-refractivity contribution in [2.24, 2.45) is 0 Å². The lowest BCUT2D eigenvalue weighted by molar-refractivity contribution is 0.0987. The van der Waals surface area contributed by atoms with Crippen molar-refractivity contribution in [3.63, 3.8) is 0 Å². The number of benzene rings is 2. The third-order valence-electron chi connectivity index (χ3n) is 2.73. The summed E-state index contributed by atoms with van der Waals surface area (Å²) in [5.74, 6) is -0.589. The van der Waals surface area contributed by atoms with Gasteiger partial charge in [-0.05, 0) is 36.8 Å². The normalized spacial score (nSPS) is 12.2. The zero-order valence-electron chi connectivity index (χ0n) is 9.86. The van der Waals surface area contributed by atoms with Crippen molar-refractivity contribution in [2.45, 2.75) is 12.3 Å². The molecule has 0 radical (unpaired) electrons. The van der Waals surface area contributed by atoms with Crippen molar-refractivity contribution in [2.75, 3.05) is 0 Å². The Kier molecular flexibility index (Phi) is 3.78. The Morgan fingerprint density at radius 1 is 1.06 bits per heavy atom. The summed E-state index contributed by atoms with van der Waals surface area (Å²) in [5.41, 5.74) is 2.27. The van der Waals surface area contributed by atoms with Gasteiger partial charge < -0.3 is 0 Å². The summed E-state index contributed by atoms with van der Waals surface area (Å²) in [4.78, 5) is 12.1. The molecular formula is C15H12ClFO. The molecule has 0 spiro atoms. The topological polar surface area (TPSA) is 17.1 Å². The summed E-state index contributed by atoms with van der Waals surface area (Å²) in [5, 5.41) is -0.740. The number of aryl methyl sites for hydroxylation is 1. The van der Waals surface area contributed by atoms with E-state index < -0.39 is 5.38 Å². The van der Waals surface area contributed by atoms with Crippen LogP contribution < -0.4 is 0 Å². The first-order chi connectivity index (χ1) is 8.58. The van der Waals surface area contributed by atoms with Crippen LogP contribution in [-0.2, 0) is 0 Å². The SMILES string of the molecule is Cc1ccc(C(Cl)C(=O)c2ccc(F)cc2)cc1. The van der Waals surface area contributed by atoms with E-state index in [9.17, 15) is 9.18 Å². The molecule has 0 aliphatic rings. The van der Waals surface area contributed by atoms with Crippen molar-refractivity contribution in [1.82, 2.24) is 0 Å². The first-order valence-corrected chi connectivity index (χ1v) is 6.02. The average Bonchev–Trinajstić information content (AvgIpc) is 2.39. The van der Waals surface area contributed by atoms with Gasteiger partial charge in [0.1, 0.15) is 11.2 Å². The Labute approximate surface area is 110 Å². The molecule has 2 rings (SSSR count). The molecular weight excluding hydrogens is 251 g/mol. The zero-order chi connectivity index (χ0) is 13.1. The van der Waals surface area contributed by atoms with Crippen LogP contribution in [-0.4, -0.2) is 5.78 Å². The summed E-state index contributed by atoms with van der Waals surface area (Å²) in [6.07, 6.45) is 0. The van der Waals surface area contributed by atoms with Crippen molar-refractivity contribution in [3.8, 4) is 0 Å². The van der Waals surface area contributed by atoms with Crippen LogP contribution in [0.1, 0.15) is 26.9 Å². The van der Waals surface area contributed by atoms with Gasteiger partial charge in [0.2, 0.25) is 0 Å². The van der Waals surface area contributed by atoms with Gasteiger partial charge in [-0.3, -0.25) is 4.79 Å². The van der Waals surface area contributed by atoms with E-state index in [0.29, 0.717) is 5.56 Å². The first kappa shape index (κ1) is 12.8. The van der Waals surface area contributed by atoms with E-state index in [1.807, 2.05) is 31.2 Å². The van der Waals surface area contributed by atoms with Crippen LogP contribution in [0.25, 0.3) is 0 Å². The molecule has 18 heavy (non-hydrogen) atoms. The second-order valence-corrected chi connectivity index (χ2v) is 4.58. The molecule has 2 aromatic rings. The number of rotatable bonds is 3. The maximum atomic E-state index is 12.8. The van der Waals surface area contributed by atoms with Crippen LogP contribution in [0.2, 0.25) is 0 Å². The van der Waals surface area contributed by atoms with E-state index in [2.05, 4.69) is 0 Å². The van der Waals surface area contributed by atoms with Gasteiger partial charge in [-0.1, -0.05) is 29.8 Å². The van der Waals surface area contributed by atoms with Gasteiger partial charge in [-0.15, -0.1) is 11.6 Å². The number of halogens is 2. The van der Waals surface area contributed by atoms with E-state index in [1.165, 1.54) is 24.3 Å². The molecule has 0 aromatic heterocycles. The van der Waals surface area contributed by atoms with Crippen LogP contribution in [0.4, 0.5) is 4.39 Å². The van der Waals surface area contributed by atoms with Crippen molar-refractivity contribution in [3.05, 3.63) is 71.0 Å². The Bertz CT molecular complexity index is 546. The smallest absolute Gasteiger partial charge is 0.185 e. The summed E-state index contributed by atoms with van der Waals surface area (Å²) < 4.78 is 12.8. The van der Waals surface area contributed by atoms with Gasteiger partial charge >= 0.3 is 0 Å². The van der Waals surface area contributed by atoms with Crippen LogP contribution in [0.5, 0.6) is 0 Å². The summed E-state index contributed by atoms with van der Waals surface area (Å²) >= 11 is 6.14. The molecule has 0 bridgehead atoms. The van der Waals surface area contributed by atoms with E-state index >= 15 is 0 Å². The molecule has 92 valence electrons. The predicted octanol–water partition coefficient (Wildman–Crippen LogP) is 4.30. The lowest BCUT2D eigenvalue weighted by Gasteiger charge is -2.09. The first-order valence-electron chi connectivity index (χ1n) is 5.58. The second kappa shape index (κ2) is 5.32. The third-order valence-corrected chi connectivity index (χ3v) is 3.18. The minimum absolute atomic E-state index is 0.222. The molecule has 1 nitrogen and oxygen atoms in total. The standard InChI is InChI=1S/C15H12ClFO/c1-10-2-4-11(5-3-10)14(16)15(18)12-6-8-13(17)9-7-12/h2-9,14H,1H3. The number of hydrogen-bond acceptors (Lipinski definition) is 1. The largest absolute Gasteiger partial charge is 0.292 e. The van der Waals surface area contributed by atoms with E-state index in [-0.39, 0.29) is 11.6 Å². The van der Waals surface area contributed by atoms with Gasteiger partial charge in [0.05, 0.1) is 0 Å². The molecule has 0 amide bonds. The highest BCUT2D eigenvalue weighted by atomic mass is 35.5. The fraction of sp³-hybridized carbons (Fsp3) is 0.133. The van der Waals surface area contributed by atoms with Gasteiger partial charge in [0.15, 0.2) is 5.78 Å². The van der Waals surface area contributed by atoms with E-state index in [4.69, 9.17) is 11.6 Å². The second-order valence-electron chi connectivity index (χ2n) is 4.14. The minimum Gasteiger partial charge on any atom is -0.292 e. The molecule has 0 aliphatic heterocycles. The molecule has 0 N–H and O–H groups in total. The van der Waals surface area contributed by atoms with Gasteiger partial charge in [0, 0.05) is 5.56 Å². The number of alkyl halides is 1. The zero-order valence-corrected chi connectivity index (χ0v) is 10.6. The Hall–Kier alpha value is -1.67. The average molecular weight is 263 g/mol. The Morgan fingerprint density at radius 3 is 2.17 bits per heavy atom. The third kappa shape index (κ3) is 2.77. The molecule has 0 heterocycles. The van der Waals surface area contributed by atoms with Crippen molar-refractivity contribution < 1.29 is 9.18 Å². The monoisotopic (exact) mass is 262 g/mol. The van der Waals surface area contributed by atoms with Gasteiger partial charge in [-0.25, -0.2) is 4.39 Å². The minimum atomic E-state index is -0.740. The Balaban J connectivity index is 2.23. The number of hydrogen-bond donors (Lipinski definition) is 0. The molecule has 0 saturated heterocycles. The highest BCUT2D eigenvalue weighted by molar-refractivity contribution is 6.33. The number of Topliss-reactive ketones (excluding diaryl/α,β-unsaturated/α-hetero) is 1. The maximum Gasteiger partial charge on any atom is 0.185 e. The fourth-order valence-electron chi connectivity index (χ4n) is 1.65. The molecule has 0 fully saturated rings. The highest BCUT2D eigenvalue weighted by Gasteiger charge is 2.19. The quantitative estimate of drug-likeness (QED) is 0.595. The highest BCUT2D eigenvalue weighted by Crippen LogP contribution is 2.25. The lowest BCUT2D eigenvalue weighted by Crippen LogP contribution is -2.07. The lowest BCUT2D eigenvalue weighted by atomic mass is 10.0. The number of carbonyl (C=O) groups excluding carboxylic acids is 1. The van der Waals surface area contributed by atoms with Crippen LogP contribution >= 0.6 is 11.6 Å². The number of ketones is 1. The van der Waals surface area contributed by atoms with Gasteiger partial charge in [0.25, 0.3) is 0 Å². The van der Waals surface area contributed by atoms with E-state index in [0.717, 1.165) is 11.1 Å². The molecule has 3 heteroatoms. The molecule has 2 aromatic carbocycles. The molecule has 0 saturated carbocycles. The fourth-order valence-corrected chi connectivity index (χ4v) is 1.92. The number of carbonyl (C=O) groups is 1. The van der Waals surface area contributed by atoms with Crippen molar-refractivity contribution >= 4 is 17.4 Å². The van der Waals surface area contributed by atoms with E-state index in [1.54, 1.807) is 0 Å². The van der Waals surface area contributed by atoms with Crippen LogP contribution in [0.3, 0.4) is 0 Å². The predicted molar refractivity (Wildman–Crippen MR) is 70.5 cm³/mol.